The molecule has 3 aromatic rings. The third-order valence-electron chi connectivity index (χ3n) is 5.28. The Morgan fingerprint density at radius 3 is 2.83 bits per heavy atom. The van der Waals surface area contributed by atoms with Crippen LogP contribution in [0.5, 0.6) is 0 Å². The van der Waals surface area contributed by atoms with E-state index in [-0.39, 0.29) is 28.6 Å². The first-order valence-corrected chi connectivity index (χ1v) is 11.1. The highest BCUT2D eigenvalue weighted by molar-refractivity contribution is 7.99. The summed E-state index contributed by atoms with van der Waals surface area (Å²) < 4.78 is 17.0. The highest BCUT2D eigenvalue weighted by Gasteiger charge is 2.19. The maximum absolute atomic E-state index is 13.8. The lowest BCUT2D eigenvalue weighted by Gasteiger charge is -2.22. The van der Waals surface area contributed by atoms with Crippen LogP contribution in [0.2, 0.25) is 0 Å². The van der Waals surface area contributed by atoms with Crippen LogP contribution in [0.1, 0.15) is 45.4 Å². The van der Waals surface area contributed by atoms with Gasteiger partial charge in [0.05, 0.1) is 16.7 Å². The predicted octanol–water partition coefficient (Wildman–Crippen LogP) is 3.13. The SMILES string of the molecule is CCCn1c(=O)c2cc(F)ccc2n2c(SCC(=O)NC3CCCCC3)nnc12. The molecule has 0 saturated heterocycles. The third-order valence-corrected chi connectivity index (χ3v) is 6.21. The van der Waals surface area contributed by atoms with Gasteiger partial charge in [0, 0.05) is 12.6 Å². The largest absolute Gasteiger partial charge is 0.353 e. The monoisotopic (exact) mass is 417 g/mol. The minimum Gasteiger partial charge on any atom is -0.353 e. The number of aromatic nitrogens is 4. The summed E-state index contributed by atoms with van der Waals surface area (Å²) in [4.78, 5) is 25.2. The molecule has 29 heavy (non-hydrogen) atoms. The smallest absolute Gasteiger partial charge is 0.262 e. The van der Waals surface area contributed by atoms with E-state index in [4.69, 9.17) is 0 Å². The molecule has 0 atom stereocenters. The van der Waals surface area contributed by atoms with Crippen molar-refractivity contribution in [3.8, 4) is 0 Å². The number of benzene rings is 1. The number of halogens is 1. The lowest BCUT2D eigenvalue weighted by atomic mass is 9.95. The molecule has 2 heterocycles. The van der Waals surface area contributed by atoms with Gasteiger partial charge in [0.2, 0.25) is 11.7 Å². The Morgan fingerprint density at radius 1 is 1.28 bits per heavy atom. The molecule has 1 saturated carbocycles. The Bertz CT molecular complexity index is 1100. The molecule has 1 aliphatic rings. The van der Waals surface area contributed by atoms with Crippen LogP contribution in [0, 0.1) is 5.82 Å². The number of carbonyl (C=O) groups is 1. The van der Waals surface area contributed by atoms with Crippen molar-refractivity contribution in [2.24, 2.45) is 0 Å². The van der Waals surface area contributed by atoms with E-state index >= 15 is 0 Å². The quantitative estimate of drug-likeness (QED) is 0.623. The summed E-state index contributed by atoms with van der Waals surface area (Å²) in [6.45, 7) is 2.42. The Labute approximate surface area is 171 Å². The van der Waals surface area contributed by atoms with E-state index in [2.05, 4.69) is 15.5 Å². The van der Waals surface area contributed by atoms with Crippen LogP contribution in [-0.2, 0) is 11.3 Å². The van der Waals surface area contributed by atoms with Crippen molar-refractivity contribution in [2.45, 2.75) is 63.2 Å². The Hall–Kier alpha value is -2.42. The van der Waals surface area contributed by atoms with Gasteiger partial charge in [0.25, 0.3) is 5.56 Å². The standard InChI is InChI=1S/C20H24FN5O2S/c1-2-10-25-18(28)15-11-13(21)8-9-16(15)26-19(25)23-24-20(26)29-12-17(27)22-14-6-4-3-5-7-14/h8-9,11,14H,2-7,10,12H2,1H3,(H,22,27). The van der Waals surface area contributed by atoms with Gasteiger partial charge in [0.1, 0.15) is 5.82 Å². The van der Waals surface area contributed by atoms with Gasteiger partial charge in [-0.05, 0) is 37.5 Å². The number of rotatable bonds is 6. The molecule has 1 N–H and O–H groups in total. The number of fused-ring (bicyclic) bond motifs is 3. The lowest BCUT2D eigenvalue weighted by molar-refractivity contribution is -0.119. The molecule has 9 heteroatoms. The fraction of sp³-hybridized carbons (Fsp3) is 0.500. The molecule has 0 aliphatic heterocycles. The van der Waals surface area contributed by atoms with Gasteiger partial charge in [-0.3, -0.25) is 18.6 Å². The number of nitrogens with zero attached hydrogens (tertiary/aromatic N) is 4. The van der Waals surface area contributed by atoms with Crippen LogP contribution in [0.15, 0.2) is 28.2 Å². The van der Waals surface area contributed by atoms with Crippen LogP contribution >= 0.6 is 11.8 Å². The molecule has 7 nitrogen and oxygen atoms in total. The maximum Gasteiger partial charge on any atom is 0.262 e. The van der Waals surface area contributed by atoms with Crippen LogP contribution in [0.25, 0.3) is 16.7 Å². The van der Waals surface area contributed by atoms with E-state index < -0.39 is 5.82 Å². The van der Waals surface area contributed by atoms with E-state index in [1.165, 1.54) is 34.9 Å². The topological polar surface area (TPSA) is 81.3 Å². The second-order valence-electron chi connectivity index (χ2n) is 7.43. The number of nitrogens with one attached hydrogen (secondary N) is 1. The molecule has 0 unspecified atom stereocenters. The fourth-order valence-electron chi connectivity index (χ4n) is 3.92. The van der Waals surface area contributed by atoms with Crippen LogP contribution in [0.3, 0.4) is 0 Å². The fourth-order valence-corrected chi connectivity index (χ4v) is 4.67. The van der Waals surface area contributed by atoms with Crippen molar-refractivity contribution in [1.82, 2.24) is 24.5 Å². The molecule has 0 radical (unpaired) electrons. The summed E-state index contributed by atoms with van der Waals surface area (Å²) in [5.74, 6) is 0.125. The zero-order valence-corrected chi connectivity index (χ0v) is 17.2. The molecule has 2 aromatic heterocycles. The maximum atomic E-state index is 13.8. The number of amides is 1. The van der Waals surface area contributed by atoms with Crippen LogP contribution in [0.4, 0.5) is 4.39 Å². The number of carbonyl (C=O) groups excluding carboxylic acids is 1. The van der Waals surface area contributed by atoms with Gasteiger partial charge >= 0.3 is 0 Å². The highest BCUT2D eigenvalue weighted by atomic mass is 32.2. The van der Waals surface area contributed by atoms with Gasteiger partial charge < -0.3 is 5.32 Å². The van der Waals surface area contributed by atoms with E-state index in [1.54, 1.807) is 10.5 Å². The number of hydrogen-bond donors (Lipinski definition) is 1. The minimum absolute atomic E-state index is 0.0316. The molecule has 0 bridgehead atoms. The zero-order valence-electron chi connectivity index (χ0n) is 16.4. The summed E-state index contributed by atoms with van der Waals surface area (Å²) in [5, 5.41) is 12.3. The van der Waals surface area contributed by atoms with E-state index in [9.17, 15) is 14.0 Å². The average molecular weight is 418 g/mol. The highest BCUT2D eigenvalue weighted by Crippen LogP contribution is 2.23. The number of thioether (sulfide) groups is 1. The minimum atomic E-state index is -0.467. The van der Waals surface area contributed by atoms with Crippen molar-refractivity contribution < 1.29 is 9.18 Å². The average Bonchev–Trinajstić information content (AvgIpc) is 3.14. The van der Waals surface area contributed by atoms with E-state index in [1.807, 2.05) is 6.92 Å². The number of aryl methyl sites for hydroxylation is 1. The first-order valence-electron chi connectivity index (χ1n) is 10.1. The van der Waals surface area contributed by atoms with Crippen molar-refractivity contribution in [2.75, 3.05) is 5.75 Å². The molecule has 1 amide bonds. The predicted molar refractivity (Wildman–Crippen MR) is 111 cm³/mol. The van der Waals surface area contributed by atoms with Gasteiger partial charge in [0.15, 0.2) is 5.16 Å². The lowest BCUT2D eigenvalue weighted by Crippen LogP contribution is -2.37. The van der Waals surface area contributed by atoms with Gasteiger partial charge in [-0.15, -0.1) is 10.2 Å². The Balaban J connectivity index is 1.65. The van der Waals surface area contributed by atoms with Crippen molar-refractivity contribution in [3.63, 3.8) is 0 Å². The van der Waals surface area contributed by atoms with Crippen LogP contribution in [-0.4, -0.2) is 36.9 Å². The normalized spacial score (nSPS) is 15.2. The zero-order chi connectivity index (χ0) is 20.4. The first kappa shape index (κ1) is 19.9. The van der Waals surface area contributed by atoms with Crippen LogP contribution < -0.4 is 10.9 Å². The van der Waals surface area contributed by atoms with Gasteiger partial charge in [-0.1, -0.05) is 37.9 Å². The summed E-state index contributed by atoms with van der Waals surface area (Å²) in [6.07, 6.45) is 6.35. The van der Waals surface area contributed by atoms with Gasteiger partial charge in [-0.2, -0.15) is 0 Å². The second kappa shape index (κ2) is 8.52. The molecular weight excluding hydrogens is 393 g/mol. The summed E-state index contributed by atoms with van der Waals surface area (Å²) in [5.41, 5.74) is 0.256. The van der Waals surface area contributed by atoms with Gasteiger partial charge in [-0.25, -0.2) is 4.39 Å². The Kier molecular flexibility index (Phi) is 5.84. The molecule has 1 aromatic carbocycles. The molecule has 1 fully saturated rings. The number of hydrogen-bond acceptors (Lipinski definition) is 5. The summed E-state index contributed by atoms with van der Waals surface area (Å²) in [7, 11) is 0. The molecule has 154 valence electrons. The second-order valence-corrected chi connectivity index (χ2v) is 8.37. The molecular formula is C20H24FN5O2S. The van der Waals surface area contributed by atoms with Crippen molar-refractivity contribution in [1.29, 1.82) is 0 Å². The molecule has 0 spiro atoms. The first-order chi connectivity index (χ1) is 14.1. The van der Waals surface area contributed by atoms with E-state index in [0.717, 1.165) is 32.1 Å². The molecule has 1 aliphatic carbocycles. The third kappa shape index (κ3) is 4.01. The molecule has 4 rings (SSSR count). The van der Waals surface area contributed by atoms with Crippen molar-refractivity contribution in [3.05, 3.63) is 34.4 Å². The van der Waals surface area contributed by atoms with Crippen molar-refractivity contribution >= 4 is 34.3 Å². The summed E-state index contributed by atoms with van der Waals surface area (Å²) >= 11 is 1.27. The Morgan fingerprint density at radius 2 is 2.07 bits per heavy atom. The van der Waals surface area contributed by atoms with E-state index in [0.29, 0.717) is 23.0 Å². The summed E-state index contributed by atoms with van der Waals surface area (Å²) in [6, 6.07) is 4.37.